The number of benzene rings is 1. The molecule has 0 aliphatic rings. The van der Waals surface area contributed by atoms with Crippen LogP contribution in [0.15, 0.2) is 54.9 Å². The zero-order chi connectivity index (χ0) is 17.8. The average Bonchev–Trinajstić information content (AvgIpc) is 3.06. The lowest BCUT2D eigenvalue weighted by atomic mass is 10.0. The fraction of sp³-hybridized carbons (Fsp3) is 0.200. The van der Waals surface area contributed by atoms with E-state index in [1.54, 1.807) is 23.7 Å². The van der Waals surface area contributed by atoms with Crippen molar-refractivity contribution in [1.82, 2.24) is 4.98 Å². The first-order valence-corrected chi connectivity index (χ1v) is 9.02. The van der Waals surface area contributed by atoms with Crippen LogP contribution in [0, 0.1) is 0 Å². The third-order valence-electron chi connectivity index (χ3n) is 3.95. The number of rotatable bonds is 5. The number of pyridine rings is 1. The van der Waals surface area contributed by atoms with Crippen molar-refractivity contribution in [2.45, 2.75) is 13.3 Å². The van der Waals surface area contributed by atoms with Crippen molar-refractivity contribution in [1.29, 1.82) is 0 Å². The second kappa shape index (κ2) is 7.49. The van der Waals surface area contributed by atoms with E-state index in [9.17, 15) is 4.79 Å². The first kappa shape index (κ1) is 17.2. The molecule has 0 saturated heterocycles. The van der Waals surface area contributed by atoms with Crippen molar-refractivity contribution in [2.75, 3.05) is 24.3 Å². The molecule has 0 atom stereocenters. The van der Waals surface area contributed by atoms with Gasteiger partial charge in [0.1, 0.15) is 0 Å². The second-order valence-corrected chi connectivity index (χ2v) is 6.98. The van der Waals surface area contributed by atoms with Crippen molar-refractivity contribution in [2.24, 2.45) is 0 Å². The van der Waals surface area contributed by atoms with Crippen LogP contribution < -0.4 is 10.2 Å². The number of nitrogens with zero attached hydrogens (tertiary/aromatic N) is 2. The maximum atomic E-state index is 11.8. The molecule has 3 rings (SSSR count). The van der Waals surface area contributed by atoms with Crippen LogP contribution in [0.5, 0.6) is 0 Å². The molecule has 2 heterocycles. The van der Waals surface area contributed by atoms with Crippen LogP contribution in [0.2, 0.25) is 0 Å². The number of carbonyl (C=O) groups excluding carboxylic acids is 1. The maximum Gasteiger partial charge on any atom is 0.224 e. The Morgan fingerprint density at radius 1 is 1.08 bits per heavy atom. The third-order valence-corrected chi connectivity index (χ3v) is 5.05. The molecule has 3 aromatic rings. The van der Waals surface area contributed by atoms with Gasteiger partial charge in [0.15, 0.2) is 0 Å². The van der Waals surface area contributed by atoms with Crippen LogP contribution in [0.3, 0.4) is 0 Å². The first-order valence-electron chi connectivity index (χ1n) is 8.20. The summed E-state index contributed by atoms with van der Waals surface area (Å²) < 4.78 is 0. The normalized spacial score (nSPS) is 10.5. The van der Waals surface area contributed by atoms with E-state index in [4.69, 9.17) is 0 Å². The molecule has 1 amide bonds. The number of anilines is 2. The SMILES string of the molecule is CCC(=O)Nc1cc(-c2ccc(N(C)C)cc2)c(-c2ccncc2)s1. The summed E-state index contributed by atoms with van der Waals surface area (Å²) in [6.07, 6.45) is 4.05. The van der Waals surface area contributed by atoms with Gasteiger partial charge in [0.2, 0.25) is 5.91 Å². The van der Waals surface area contributed by atoms with Gasteiger partial charge in [-0.2, -0.15) is 0 Å². The molecule has 1 N–H and O–H groups in total. The topological polar surface area (TPSA) is 45.2 Å². The lowest BCUT2D eigenvalue weighted by Gasteiger charge is -2.13. The van der Waals surface area contributed by atoms with Gasteiger partial charge in [-0.05, 0) is 41.5 Å². The Labute approximate surface area is 152 Å². The predicted octanol–water partition coefficient (Wildman–Crippen LogP) is 4.89. The quantitative estimate of drug-likeness (QED) is 0.712. The average molecular weight is 351 g/mol. The van der Waals surface area contributed by atoms with E-state index < -0.39 is 0 Å². The monoisotopic (exact) mass is 351 g/mol. The maximum absolute atomic E-state index is 11.8. The van der Waals surface area contributed by atoms with Crippen LogP contribution in [0.4, 0.5) is 10.7 Å². The van der Waals surface area contributed by atoms with E-state index in [-0.39, 0.29) is 5.91 Å². The summed E-state index contributed by atoms with van der Waals surface area (Å²) in [4.78, 5) is 19.1. The highest BCUT2D eigenvalue weighted by molar-refractivity contribution is 7.20. The van der Waals surface area contributed by atoms with Crippen molar-refractivity contribution in [3.63, 3.8) is 0 Å². The number of thiophene rings is 1. The first-order chi connectivity index (χ1) is 12.1. The summed E-state index contributed by atoms with van der Waals surface area (Å²) in [6, 6.07) is 14.5. The number of carbonyl (C=O) groups is 1. The lowest BCUT2D eigenvalue weighted by Crippen LogP contribution is -2.08. The molecule has 128 valence electrons. The summed E-state index contributed by atoms with van der Waals surface area (Å²) in [5.74, 6) is 0.0250. The van der Waals surface area contributed by atoms with Crippen molar-refractivity contribution in [3.05, 3.63) is 54.9 Å². The molecule has 0 fully saturated rings. The zero-order valence-corrected chi connectivity index (χ0v) is 15.4. The number of amides is 1. The van der Waals surface area contributed by atoms with E-state index in [2.05, 4.69) is 45.5 Å². The second-order valence-electron chi connectivity index (χ2n) is 5.93. The lowest BCUT2D eigenvalue weighted by molar-refractivity contribution is -0.115. The Morgan fingerprint density at radius 2 is 1.76 bits per heavy atom. The number of aromatic nitrogens is 1. The molecule has 0 radical (unpaired) electrons. The Kier molecular flexibility index (Phi) is 5.14. The van der Waals surface area contributed by atoms with Gasteiger partial charge in [0, 0.05) is 49.0 Å². The minimum absolute atomic E-state index is 0.0250. The minimum Gasteiger partial charge on any atom is -0.378 e. The van der Waals surface area contributed by atoms with Gasteiger partial charge in [-0.15, -0.1) is 11.3 Å². The summed E-state index contributed by atoms with van der Waals surface area (Å²) in [5, 5.41) is 3.84. The van der Waals surface area contributed by atoms with Gasteiger partial charge in [-0.1, -0.05) is 19.1 Å². The van der Waals surface area contributed by atoms with Crippen LogP contribution in [-0.2, 0) is 4.79 Å². The Bertz CT molecular complexity index is 854. The van der Waals surface area contributed by atoms with Gasteiger partial charge in [0.25, 0.3) is 0 Å². The van der Waals surface area contributed by atoms with E-state index in [1.807, 2.05) is 33.2 Å². The highest BCUT2D eigenvalue weighted by Crippen LogP contribution is 2.42. The molecule has 0 aliphatic carbocycles. The van der Waals surface area contributed by atoms with E-state index in [0.29, 0.717) is 6.42 Å². The highest BCUT2D eigenvalue weighted by atomic mass is 32.1. The number of hydrogen-bond donors (Lipinski definition) is 1. The summed E-state index contributed by atoms with van der Waals surface area (Å²) >= 11 is 1.59. The fourth-order valence-electron chi connectivity index (χ4n) is 2.55. The van der Waals surface area contributed by atoms with Crippen molar-refractivity contribution in [3.8, 4) is 21.6 Å². The molecule has 25 heavy (non-hydrogen) atoms. The van der Waals surface area contributed by atoms with Crippen LogP contribution in [-0.4, -0.2) is 25.0 Å². The van der Waals surface area contributed by atoms with Crippen molar-refractivity contribution < 1.29 is 4.79 Å². The Hall–Kier alpha value is -2.66. The molecular weight excluding hydrogens is 330 g/mol. The van der Waals surface area contributed by atoms with Crippen LogP contribution >= 0.6 is 11.3 Å². The van der Waals surface area contributed by atoms with Gasteiger partial charge >= 0.3 is 0 Å². The molecule has 0 bridgehead atoms. The van der Waals surface area contributed by atoms with Gasteiger partial charge in [-0.3, -0.25) is 9.78 Å². The van der Waals surface area contributed by atoms with Gasteiger partial charge < -0.3 is 10.2 Å². The van der Waals surface area contributed by atoms with Crippen molar-refractivity contribution >= 4 is 27.9 Å². The predicted molar refractivity (Wildman–Crippen MR) is 106 cm³/mol. The molecular formula is C20H21N3OS. The molecule has 5 heteroatoms. The number of nitrogens with one attached hydrogen (secondary N) is 1. The fourth-order valence-corrected chi connectivity index (χ4v) is 3.65. The third kappa shape index (κ3) is 3.88. The molecule has 0 saturated carbocycles. The minimum atomic E-state index is 0.0250. The summed E-state index contributed by atoms with van der Waals surface area (Å²) in [6.45, 7) is 1.85. The van der Waals surface area contributed by atoms with Crippen LogP contribution in [0.25, 0.3) is 21.6 Å². The Balaban J connectivity index is 2.05. The largest absolute Gasteiger partial charge is 0.378 e. The summed E-state index contributed by atoms with van der Waals surface area (Å²) in [7, 11) is 4.06. The highest BCUT2D eigenvalue weighted by Gasteiger charge is 2.14. The van der Waals surface area contributed by atoms with E-state index in [1.165, 1.54) is 0 Å². The van der Waals surface area contributed by atoms with Gasteiger partial charge in [-0.25, -0.2) is 0 Å². The van der Waals surface area contributed by atoms with Crippen LogP contribution in [0.1, 0.15) is 13.3 Å². The zero-order valence-electron chi connectivity index (χ0n) is 14.6. The smallest absolute Gasteiger partial charge is 0.224 e. The standard InChI is InChI=1S/C20H21N3OS/c1-4-18(24)22-19-13-17(14-5-7-16(8-6-14)23(2)3)20(25-19)15-9-11-21-12-10-15/h5-13H,4H2,1-3H3,(H,22,24). The molecule has 0 aliphatic heterocycles. The summed E-state index contributed by atoms with van der Waals surface area (Å²) in [5.41, 5.74) is 4.51. The molecule has 4 nitrogen and oxygen atoms in total. The van der Waals surface area contributed by atoms with E-state index >= 15 is 0 Å². The Morgan fingerprint density at radius 3 is 2.36 bits per heavy atom. The molecule has 0 spiro atoms. The van der Waals surface area contributed by atoms with Gasteiger partial charge in [0.05, 0.1) is 5.00 Å². The van der Waals surface area contributed by atoms with E-state index in [0.717, 1.165) is 32.3 Å². The molecule has 0 unspecified atom stereocenters. The number of hydrogen-bond acceptors (Lipinski definition) is 4. The molecule has 2 aromatic heterocycles. The molecule has 1 aromatic carbocycles.